The first-order valence-electron chi connectivity index (χ1n) is 7.72. The molecule has 24 heavy (non-hydrogen) atoms. The van der Waals surface area contributed by atoms with Crippen molar-refractivity contribution in [1.82, 2.24) is 0 Å². The fraction of sp³-hybridized carbons (Fsp3) is 0.0952. The molecule has 0 aromatic heterocycles. The highest BCUT2D eigenvalue weighted by molar-refractivity contribution is 6.10. The number of ether oxygens (including phenoxy) is 1. The molecule has 1 N–H and O–H groups in total. The molecule has 0 amide bonds. The summed E-state index contributed by atoms with van der Waals surface area (Å²) in [6.07, 6.45) is 0. The minimum Gasteiger partial charge on any atom is -0.507 e. The molecule has 3 heteroatoms. The number of rotatable bonds is 4. The molecule has 3 rings (SSSR count). The third-order valence-electron chi connectivity index (χ3n) is 3.78. The minimum atomic E-state index is -0.214. The molecule has 0 bridgehead atoms. The SMILES string of the molecule is Cc1ccc(Oc2ccc(C(=O)c3ccc(C)cc3)c(O)c2)cc1. The number of phenolic OH excluding ortho intramolecular Hbond substituents is 1. The van der Waals surface area contributed by atoms with Gasteiger partial charge < -0.3 is 9.84 Å². The lowest BCUT2D eigenvalue weighted by Gasteiger charge is -2.09. The van der Waals surface area contributed by atoms with Crippen molar-refractivity contribution in [2.24, 2.45) is 0 Å². The Morgan fingerprint density at radius 1 is 0.792 bits per heavy atom. The number of aromatic hydroxyl groups is 1. The summed E-state index contributed by atoms with van der Waals surface area (Å²) in [5.41, 5.74) is 3.03. The summed E-state index contributed by atoms with van der Waals surface area (Å²) in [6.45, 7) is 3.96. The van der Waals surface area contributed by atoms with Crippen LogP contribution in [0.1, 0.15) is 27.0 Å². The van der Waals surface area contributed by atoms with Crippen LogP contribution in [0.3, 0.4) is 0 Å². The second kappa shape index (κ2) is 6.59. The van der Waals surface area contributed by atoms with Crippen LogP contribution in [-0.4, -0.2) is 10.9 Å². The van der Waals surface area contributed by atoms with Crippen LogP contribution in [0.15, 0.2) is 66.7 Å². The highest BCUT2D eigenvalue weighted by Gasteiger charge is 2.14. The Morgan fingerprint density at radius 3 is 1.92 bits per heavy atom. The maximum Gasteiger partial charge on any atom is 0.196 e. The van der Waals surface area contributed by atoms with E-state index in [1.54, 1.807) is 24.3 Å². The maximum absolute atomic E-state index is 12.5. The first-order valence-corrected chi connectivity index (χ1v) is 7.72. The highest BCUT2D eigenvalue weighted by Crippen LogP contribution is 2.29. The van der Waals surface area contributed by atoms with E-state index in [9.17, 15) is 9.90 Å². The molecule has 0 atom stereocenters. The maximum atomic E-state index is 12.5. The average Bonchev–Trinajstić information content (AvgIpc) is 2.57. The van der Waals surface area contributed by atoms with Crippen molar-refractivity contribution in [3.63, 3.8) is 0 Å². The summed E-state index contributed by atoms with van der Waals surface area (Å²) in [5.74, 6) is 0.856. The van der Waals surface area contributed by atoms with Crippen LogP contribution in [0.5, 0.6) is 17.2 Å². The molecule has 0 aliphatic rings. The van der Waals surface area contributed by atoms with Crippen molar-refractivity contribution in [2.75, 3.05) is 0 Å². The molecule has 0 spiro atoms. The van der Waals surface area contributed by atoms with Gasteiger partial charge in [-0.15, -0.1) is 0 Å². The van der Waals surface area contributed by atoms with Crippen LogP contribution in [-0.2, 0) is 0 Å². The van der Waals surface area contributed by atoms with E-state index < -0.39 is 0 Å². The van der Waals surface area contributed by atoms with Gasteiger partial charge in [-0.2, -0.15) is 0 Å². The van der Waals surface area contributed by atoms with E-state index in [1.165, 1.54) is 6.07 Å². The third kappa shape index (κ3) is 3.46. The van der Waals surface area contributed by atoms with E-state index in [1.807, 2.05) is 50.2 Å². The quantitative estimate of drug-likeness (QED) is 0.686. The molecule has 3 nitrogen and oxygen atoms in total. The largest absolute Gasteiger partial charge is 0.507 e. The zero-order chi connectivity index (χ0) is 17.1. The monoisotopic (exact) mass is 318 g/mol. The van der Waals surface area contributed by atoms with Gasteiger partial charge >= 0.3 is 0 Å². The first kappa shape index (κ1) is 15.8. The smallest absolute Gasteiger partial charge is 0.196 e. The molecule has 0 saturated carbocycles. The molecule has 120 valence electrons. The molecule has 3 aromatic carbocycles. The number of benzene rings is 3. The molecule has 0 unspecified atom stereocenters. The van der Waals surface area contributed by atoms with Crippen molar-refractivity contribution in [3.05, 3.63) is 89.0 Å². The Hall–Kier alpha value is -3.07. The average molecular weight is 318 g/mol. The summed E-state index contributed by atoms with van der Waals surface area (Å²) in [7, 11) is 0. The van der Waals surface area contributed by atoms with Crippen molar-refractivity contribution in [3.8, 4) is 17.2 Å². The van der Waals surface area contributed by atoms with Gasteiger partial charge in [0.2, 0.25) is 0 Å². The van der Waals surface area contributed by atoms with Crippen molar-refractivity contribution >= 4 is 5.78 Å². The van der Waals surface area contributed by atoms with Gasteiger partial charge in [-0.05, 0) is 38.1 Å². The number of hydrogen-bond acceptors (Lipinski definition) is 3. The molecular weight excluding hydrogens is 300 g/mol. The normalized spacial score (nSPS) is 10.4. The molecule has 0 heterocycles. The van der Waals surface area contributed by atoms with Gasteiger partial charge in [0.25, 0.3) is 0 Å². The Kier molecular flexibility index (Phi) is 4.34. The number of carbonyl (C=O) groups excluding carboxylic acids is 1. The first-order chi connectivity index (χ1) is 11.5. The van der Waals surface area contributed by atoms with Crippen LogP contribution < -0.4 is 4.74 Å². The van der Waals surface area contributed by atoms with Crippen LogP contribution >= 0.6 is 0 Å². The summed E-state index contributed by atoms with van der Waals surface area (Å²) in [4.78, 5) is 12.5. The van der Waals surface area contributed by atoms with Gasteiger partial charge in [0.15, 0.2) is 5.78 Å². The zero-order valence-corrected chi connectivity index (χ0v) is 13.6. The Bertz CT molecular complexity index is 863. The fourth-order valence-corrected chi connectivity index (χ4v) is 2.37. The van der Waals surface area contributed by atoms with E-state index in [0.29, 0.717) is 17.1 Å². The Morgan fingerprint density at radius 2 is 1.33 bits per heavy atom. The third-order valence-corrected chi connectivity index (χ3v) is 3.78. The molecular formula is C21H18O3. The second-order valence-electron chi connectivity index (χ2n) is 5.79. The van der Waals surface area contributed by atoms with Gasteiger partial charge in [0.05, 0.1) is 5.56 Å². The van der Waals surface area contributed by atoms with Crippen molar-refractivity contribution in [1.29, 1.82) is 0 Å². The summed E-state index contributed by atoms with van der Waals surface area (Å²) >= 11 is 0. The second-order valence-corrected chi connectivity index (χ2v) is 5.79. The van der Waals surface area contributed by atoms with Crippen molar-refractivity contribution in [2.45, 2.75) is 13.8 Å². The minimum absolute atomic E-state index is 0.0924. The number of carbonyl (C=O) groups is 1. The number of phenols is 1. The van der Waals surface area contributed by atoms with Gasteiger partial charge in [0, 0.05) is 11.6 Å². The highest BCUT2D eigenvalue weighted by atomic mass is 16.5. The van der Waals surface area contributed by atoms with E-state index in [0.717, 1.165) is 11.1 Å². The zero-order valence-electron chi connectivity index (χ0n) is 13.6. The molecule has 0 radical (unpaired) electrons. The summed E-state index contributed by atoms with van der Waals surface area (Å²) in [5, 5.41) is 10.2. The Labute approximate surface area is 141 Å². The molecule has 0 saturated heterocycles. The summed E-state index contributed by atoms with van der Waals surface area (Å²) in [6, 6.07) is 19.6. The van der Waals surface area contributed by atoms with Crippen LogP contribution in [0.4, 0.5) is 0 Å². The molecule has 0 fully saturated rings. The predicted octanol–water partition coefficient (Wildman–Crippen LogP) is 5.03. The van der Waals surface area contributed by atoms with E-state index in [2.05, 4.69) is 0 Å². The van der Waals surface area contributed by atoms with E-state index in [4.69, 9.17) is 4.74 Å². The number of aryl methyl sites for hydroxylation is 2. The van der Waals surface area contributed by atoms with Gasteiger partial charge in [-0.25, -0.2) is 0 Å². The van der Waals surface area contributed by atoms with Crippen LogP contribution in [0.25, 0.3) is 0 Å². The Balaban J connectivity index is 1.82. The lowest BCUT2D eigenvalue weighted by Crippen LogP contribution is -2.01. The topological polar surface area (TPSA) is 46.5 Å². The number of hydrogen-bond donors (Lipinski definition) is 1. The number of ketones is 1. The fourth-order valence-electron chi connectivity index (χ4n) is 2.37. The summed E-state index contributed by atoms with van der Waals surface area (Å²) < 4.78 is 5.70. The van der Waals surface area contributed by atoms with Gasteiger partial charge in [0.1, 0.15) is 17.2 Å². The van der Waals surface area contributed by atoms with Crippen LogP contribution in [0.2, 0.25) is 0 Å². The van der Waals surface area contributed by atoms with E-state index >= 15 is 0 Å². The van der Waals surface area contributed by atoms with Crippen molar-refractivity contribution < 1.29 is 14.6 Å². The molecule has 3 aromatic rings. The standard InChI is InChI=1S/C21H18O3/c1-14-3-7-16(8-4-14)21(23)19-12-11-18(13-20(19)22)24-17-9-5-15(2)6-10-17/h3-13,22H,1-2H3. The lowest BCUT2D eigenvalue weighted by atomic mass is 10.0. The molecule has 0 aliphatic carbocycles. The van der Waals surface area contributed by atoms with Crippen LogP contribution in [0, 0.1) is 13.8 Å². The molecule has 0 aliphatic heterocycles. The van der Waals surface area contributed by atoms with E-state index in [-0.39, 0.29) is 17.1 Å². The van der Waals surface area contributed by atoms with Gasteiger partial charge in [-0.1, -0.05) is 47.5 Å². The predicted molar refractivity (Wildman–Crippen MR) is 94.0 cm³/mol. The van der Waals surface area contributed by atoms with Gasteiger partial charge in [-0.3, -0.25) is 4.79 Å². The lowest BCUT2D eigenvalue weighted by molar-refractivity contribution is 0.103.